The molecule has 3 N–H and O–H groups in total. The Morgan fingerprint density at radius 2 is 2.50 bits per heavy atom. The number of hydrogen-bond acceptors (Lipinski definition) is 3. The minimum Gasteiger partial charge on any atom is -0.387 e. The maximum Gasteiger partial charge on any atom is 0.0949 e. The molecule has 1 saturated heterocycles. The van der Waals surface area contributed by atoms with Crippen molar-refractivity contribution in [3.63, 3.8) is 0 Å². The lowest BCUT2D eigenvalue weighted by atomic mass is 9.97. The molecule has 0 aromatic carbocycles. The van der Waals surface area contributed by atoms with Gasteiger partial charge in [-0.25, -0.2) is 0 Å². The van der Waals surface area contributed by atoms with Gasteiger partial charge in [-0.1, -0.05) is 0 Å². The molecule has 1 aliphatic rings. The number of aryl methyl sites for hydroxylation is 1. The molecule has 1 unspecified atom stereocenters. The van der Waals surface area contributed by atoms with Crippen molar-refractivity contribution < 1.29 is 0 Å². The van der Waals surface area contributed by atoms with E-state index in [1.807, 2.05) is 24.1 Å². The van der Waals surface area contributed by atoms with Crippen molar-refractivity contribution in [3.05, 3.63) is 18.0 Å². The third-order valence-electron chi connectivity index (χ3n) is 3.11. The van der Waals surface area contributed by atoms with Gasteiger partial charge in [-0.15, -0.1) is 0 Å². The maximum atomic E-state index is 7.50. The van der Waals surface area contributed by atoms with Crippen molar-refractivity contribution in [1.82, 2.24) is 14.7 Å². The molecule has 16 heavy (non-hydrogen) atoms. The van der Waals surface area contributed by atoms with Gasteiger partial charge in [0.25, 0.3) is 0 Å². The van der Waals surface area contributed by atoms with Crippen molar-refractivity contribution in [3.8, 4) is 0 Å². The minimum absolute atomic E-state index is 0.241. The predicted molar refractivity (Wildman–Crippen MR) is 63.1 cm³/mol. The van der Waals surface area contributed by atoms with Gasteiger partial charge in [0, 0.05) is 37.8 Å². The molecule has 1 fully saturated rings. The second kappa shape index (κ2) is 4.65. The van der Waals surface area contributed by atoms with E-state index in [9.17, 15) is 0 Å². The van der Waals surface area contributed by atoms with Crippen molar-refractivity contribution >= 4 is 5.84 Å². The molecule has 0 aliphatic carbocycles. The van der Waals surface area contributed by atoms with Gasteiger partial charge in [-0.3, -0.25) is 15.0 Å². The summed E-state index contributed by atoms with van der Waals surface area (Å²) >= 11 is 0. The summed E-state index contributed by atoms with van der Waals surface area (Å²) in [6, 6.07) is 0. The number of rotatable bonds is 3. The topological polar surface area (TPSA) is 70.9 Å². The number of piperidine rings is 1. The Morgan fingerprint density at radius 3 is 3.12 bits per heavy atom. The van der Waals surface area contributed by atoms with Crippen LogP contribution in [-0.2, 0) is 13.6 Å². The van der Waals surface area contributed by atoms with Crippen LogP contribution in [0, 0.1) is 11.3 Å². The highest BCUT2D eigenvalue weighted by molar-refractivity contribution is 5.79. The third-order valence-corrected chi connectivity index (χ3v) is 3.11. The van der Waals surface area contributed by atoms with E-state index in [-0.39, 0.29) is 5.92 Å². The van der Waals surface area contributed by atoms with Crippen LogP contribution in [0.3, 0.4) is 0 Å². The Balaban J connectivity index is 1.92. The van der Waals surface area contributed by atoms with Gasteiger partial charge in [0.1, 0.15) is 0 Å². The predicted octanol–water partition coefficient (Wildman–Crippen LogP) is 0.568. The van der Waals surface area contributed by atoms with Gasteiger partial charge >= 0.3 is 0 Å². The summed E-state index contributed by atoms with van der Waals surface area (Å²) in [5.41, 5.74) is 6.80. The van der Waals surface area contributed by atoms with Gasteiger partial charge in [-0.05, 0) is 19.4 Å². The zero-order valence-corrected chi connectivity index (χ0v) is 9.69. The van der Waals surface area contributed by atoms with Gasteiger partial charge in [0.15, 0.2) is 0 Å². The molecule has 0 bridgehead atoms. The normalized spacial score (nSPS) is 22.2. The first-order valence-electron chi connectivity index (χ1n) is 5.69. The van der Waals surface area contributed by atoms with E-state index in [4.69, 9.17) is 11.1 Å². The first kappa shape index (κ1) is 11.1. The molecule has 0 saturated carbocycles. The Bertz CT molecular complexity index is 370. The van der Waals surface area contributed by atoms with Crippen molar-refractivity contribution in [2.45, 2.75) is 19.4 Å². The average Bonchev–Trinajstić information content (AvgIpc) is 2.64. The second-order valence-corrected chi connectivity index (χ2v) is 4.55. The molecule has 2 rings (SSSR count). The fourth-order valence-electron chi connectivity index (χ4n) is 2.26. The van der Waals surface area contributed by atoms with Crippen LogP contribution in [0.2, 0.25) is 0 Å². The molecule has 5 nitrogen and oxygen atoms in total. The summed E-state index contributed by atoms with van der Waals surface area (Å²) in [4.78, 5) is 2.35. The molecular formula is C11H19N5. The second-order valence-electron chi connectivity index (χ2n) is 4.55. The molecule has 5 heteroatoms. The van der Waals surface area contributed by atoms with Crippen LogP contribution < -0.4 is 5.73 Å². The Hall–Kier alpha value is -1.36. The number of likely N-dealkylation sites (tertiary alicyclic amines) is 1. The van der Waals surface area contributed by atoms with Gasteiger partial charge in [0.05, 0.1) is 12.0 Å². The number of aromatic nitrogens is 2. The zero-order chi connectivity index (χ0) is 11.5. The van der Waals surface area contributed by atoms with Crippen molar-refractivity contribution in [1.29, 1.82) is 5.41 Å². The number of amidine groups is 1. The highest BCUT2D eigenvalue weighted by Gasteiger charge is 2.21. The summed E-state index contributed by atoms with van der Waals surface area (Å²) in [7, 11) is 1.93. The molecule has 0 spiro atoms. The van der Waals surface area contributed by atoms with E-state index in [0.717, 1.165) is 32.5 Å². The summed E-state index contributed by atoms with van der Waals surface area (Å²) < 4.78 is 1.82. The summed E-state index contributed by atoms with van der Waals surface area (Å²) in [5.74, 6) is 0.571. The number of nitrogens with zero attached hydrogens (tertiary/aromatic N) is 3. The van der Waals surface area contributed by atoms with Crippen molar-refractivity contribution in [2.24, 2.45) is 18.7 Å². The van der Waals surface area contributed by atoms with Crippen LogP contribution in [0.15, 0.2) is 12.4 Å². The summed E-state index contributed by atoms with van der Waals surface area (Å²) in [5, 5.41) is 11.7. The van der Waals surface area contributed by atoms with Crippen LogP contribution in [-0.4, -0.2) is 33.6 Å². The van der Waals surface area contributed by atoms with Gasteiger partial charge in [-0.2, -0.15) is 5.10 Å². The summed E-state index contributed by atoms with van der Waals surface area (Å²) in [6.07, 6.45) is 6.12. The molecule has 1 atom stereocenters. The number of nitrogens with two attached hydrogens (primary N) is 1. The smallest absolute Gasteiger partial charge is 0.0949 e. The van der Waals surface area contributed by atoms with E-state index < -0.39 is 0 Å². The van der Waals surface area contributed by atoms with Crippen LogP contribution in [0.1, 0.15) is 18.4 Å². The van der Waals surface area contributed by atoms with E-state index in [0.29, 0.717) is 5.84 Å². The lowest BCUT2D eigenvalue weighted by Crippen LogP contribution is -2.40. The van der Waals surface area contributed by atoms with Crippen LogP contribution in [0.5, 0.6) is 0 Å². The SMILES string of the molecule is Cn1cc(CN2CCCC(C(=N)N)C2)cn1. The lowest BCUT2D eigenvalue weighted by Gasteiger charge is -2.31. The maximum absolute atomic E-state index is 7.50. The molecule has 2 heterocycles. The van der Waals surface area contributed by atoms with Crippen LogP contribution >= 0.6 is 0 Å². The first-order chi connectivity index (χ1) is 7.65. The molecule has 1 aliphatic heterocycles. The molecule has 1 aromatic heterocycles. The number of nitrogens with one attached hydrogen (secondary N) is 1. The molecule has 1 aromatic rings. The Labute approximate surface area is 95.7 Å². The Morgan fingerprint density at radius 1 is 1.69 bits per heavy atom. The number of hydrogen-bond donors (Lipinski definition) is 2. The minimum atomic E-state index is 0.241. The van der Waals surface area contributed by atoms with Gasteiger partial charge in [0.2, 0.25) is 0 Å². The molecule has 0 radical (unpaired) electrons. The zero-order valence-electron chi connectivity index (χ0n) is 9.69. The van der Waals surface area contributed by atoms with Crippen LogP contribution in [0.4, 0.5) is 0 Å². The first-order valence-corrected chi connectivity index (χ1v) is 5.69. The fourth-order valence-corrected chi connectivity index (χ4v) is 2.26. The van der Waals surface area contributed by atoms with E-state index in [1.165, 1.54) is 5.56 Å². The summed E-state index contributed by atoms with van der Waals surface area (Å²) in [6.45, 7) is 2.92. The van der Waals surface area contributed by atoms with E-state index in [2.05, 4.69) is 10.00 Å². The third kappa shape index (κ3) is 2.61. The van der Waals surface area contributed by atoms with E-state index >= 15 is 0 Å². The van der Waals surface area contributed by atoms with Crippen LogP contribution in [0.25, 0.3) is 0 Å². The standard InChI is InChI=1S/C11H19N5/c1-15-6-9(5-14-15)7-16-4-2-3-10(8-16)11(12)13/h5-6,10H,2-4,7-8H2,1H3,(H3,12,13). The quantitative estimate of drug-likeness (QED) is 0.579. The van der Waals surface area contributed by atoms with E-state index in [1.54, 1.807) is 0 Å². The molecule has 88 valence electrons. The fraction of sp³-hybridized carbons (Fsp3) is 0.636. The van der Waals surface area contributed by atoms with Gasteiger partial charge < -0.3 is 5.73 Å². The highest BCUT2D eigenvalue weighted by atomic mass is 15.2. The monoisotopic (exact) mass is 221 g/mol. The average molecular weight is 221 g/mol. The molecular weight excluding hydrogens is 202 g/mol. The lowest BCUT2D eigenvalue weighted by molar-refractivity contribution is 0.196. The highest BCUT2D eigenvalue weighted by Crippen LogP contribution is 2.17. The molecule has 0 amide bonds. The largest absolute Gasteiger partial charge is 0.387 e. The van der Waals surface area contributed by atoms with Crippen molar-refractivity contribution in [2.75, 3.05) is 13.1 Å². The Kier molecular flexibility index (Phi) is 3.24.